The minimum Gasteiger partial charge on any atom is -0.396 e. The van der Waals surface area contributed by atoms with E-state index < -0.39 is 0 Å². The van der Waals surface area contributed by atoms with Crippen molar-refractivity contribution in [2.45, 2.75) is 64.5 Å². The lowest BCUT2D eigenvalue weighted by molar-refractivity contribution is 0.178. The van der Waals surface area contributed by atoms with Gasteiger partial charge >= 0.3 is 6.03 Å². The first-order valence-electron chi connectivity index (χ1n) is 8.24. The summed E-state index contributed by atoms with van der Waals surface area (Å²) in [6.45, 7) is 4.15. The number of aliphatic hydroxyl groups is 1. The maximum atomic E-state index is 12.3. The van der Waals surface area contributed by atoms with Gasteiger partial charge in [0.15, 0.2) is 0 Å². The van der Waals surface area contributed by atoms with E-state index in [2.05, 4.69) is 15.6 Å². The van der Waals surface area contributed by atoms with Gasteiger partial charge in [0.1, 0.15) is 5.01 Å². The Balaban J connectivity index is 1.92. The maximum absolute atomic E-state index is 12.3. The van der Waals surface area contributed by atoms with Crippen LogP contribution in [0.4, 0.5) is 4.79 Å². The molecule has 1 aliphatic rings. The number of carbonyl (C=O) groups is 1. The van der Waals surface area contributed by atoms with Crippen molar-refractivity contribution in [3.05, 3.63) is 16.1 Å². The number of nitrogens with one attached hydrogen (secondary N) is 2. The number of thiazole rings is 1. The first-order valence-corrected chi connectivity index (χ1v) is 9.12. The van der Waals surface area contributed by atoms with Crippen LogP contribution in [0.5, 0.6) is 0 Å². The Bertz CT molecular complexity index is 478. The Morgan fingerprint density at radius 1 is 1.45 bits per heavy atom. The second kappa shape index (κ2) is 8.48. The van der Waals surface area contributed by atoms with Crippen molar-refractivity contribution in [3.63, 3.8) is 0 Å². The lowest BCUT2D eigenvalue weighted by Crippen LogP contribution is -2.47. The van der Waals surface area contributed by atoms with Gasteiger partial charge in [-0.05, 0) is 26.2 Å². The van der Waals surface area contributed by atoms with E-state index in [0.29, 0.717) is 0 Å². The lowest BCUT2D eigenvalue weighted by atomic mass is 9.96. The van der Waals surface area contributed by atoms with E-state index >= 15 is 0 Å². The average Bonchev–Trinajstić information content (AvgIpc) is 2.81. The van der Waals surface area contributed by atoms with Crippen LogP contribution in [-0.2, 0) is 0 Å². The molecule has 0 aliphatic heterocycles. The summed E-state index contributed by atoms with van der Waals surface area (Å²) in [5.74, 6) is 0.176. The zero-order valence-corrected chi connectivity index (χ0v) is 14.3. The van der Waals surface area contributed by atoms with Gasteiger partial charge in [-0.3, -0.25) is 0 Å². The molecular weight excluding hydrogens is 298 g/mol. The summed E-state index contributed by atoms with van der Waals surface area (Å²) in [6.07, 6.45) is 6.20. The molecule has 3 atom stereocenters. The Morgan fingerprint density at radius 3 is 2.86 bits per heavy atom. The first kappa shape index (κ1) is 17.2. The van der Waals surface area contributed by atoms with E-state index in [1.54, 1.807) is 11.3 Å². The number of aryl methyl sites for hydroxylation is 1. The van der Waals surface area contributed by atoms with Gasteiger partial charge in [0.05, 0.1) is 6.04 Å². The highest BCUT2D eigenvalue weighted by Crippen LogP contribution is 2.24. The minimum atomic E-state index is -0.148. The van der Waals surface area contributed by atoms with Crippen molar-refractivity contribution in [2.75, 3.05) is 6.61 Å². The predicted molar refractivity (Wildman–Crippen MR) is 89.0 cm³/mol. The number of carbonyl (C=O) groups excluding carboxylic acids is 1. The Kier molecular flexibility index (Phi) is 6.64. The van der Waals surface area contributed by atoms with Crippen molar-refractivity contribution in [3.8, 4) is 0 Å². The van der Waals surface area contributed by atoms with Crippen LogP contribution < -0.4 is 10.6 Å². The number of amides is 2. The SMILES string of the molecule is CCC(NC(=O)NC1CCCCCC1CO)c1nc(C)cs1. The van der Waals surface area contributed by atoms with Crippen LogP contribution in [0.2, 0.25) is 0 Å². The fraction of sp³-hybridized carbons (Fsp3) is 0.750. The van der Waals surface area contributed by atoms with Crippen molar-refractivity contribution in [2.24, 2.45) is 5.92 Å². The van der Waals surface area contributed by atoms with Crippen LogP contribution in [0.3, 0.4) is 0 Å². The third-order valence-electron chi connectivity index (χ3n) is 4.36. The lowest BCUT2D eigenvalue weighted by Gasteiger charge is -2.25. The van der Waals surface area contributed by atoms with Crippen LogP contribution in [0, 0.1) is 12.8 Å². The minimum absolute atomic E-state index is 0.0444. The predicted octanol–water partition coefficient (Wildman–Crippen LogP) is 3.14. The molecule has 1 aromatic rings. The van der Waals surface area contributed by atoms with Gasteiger partial charge in [0, 0.05) is 29.6 Å². The summed E-state index contributed by atoms with van der Waals surface area (Å²) in [7, 11) is 0. The molecule has 3 unspecified atom stereocenters. The number of aromatic nitrogens is 1. The number of hydrogen-bond acceptors (Lipinski definition) is 4. The molecule has 2 rings (SSSR count). The van der Waals surface area contributed by atoms with E-state index in [9.17, 15) is 9.90 Å². The number of aliphatic hydroxyl groups excluding tert-OH is 1. The first-order chi connectivity index (χ1) is 10.6. The second-order valence-corrected chi connectivity index (χ2v) is 6.98. The zero-order valence-electron chi connectivity index (χ0n) is 13.5. The maximum Gasteiger partial charge on any atom is 0.315 e. The molecule has 2 amide bonds. The smallest absolute Gasteiger partial charge is 0.315 e. The van der Waals surface area contributed by atoms with Gasteiger partial charge in [-0.1, -0.05) is 26.2 Å². The molecule has 22 heavy (non-hydrogen) atoms. The normalized spacial score (nSPS) is 23.6. The second-order valence-electron chi connectivity index (χ2n) is 6.09. The molecule has 0 radical (unpaired) electrons. The van der Waals surface area contributed by atoms with Gasteiger partial charge in [-0.15, -0.1) is 11.3 Å². The molecule has 1 aromatic heterocycles. The van der Waals surface area contributed by atoms with Crippen molar-refractivity contribution in [1.29, 1.82) is 0 Å². The molecule has 3 N–H and O–H groups in total. The highest BCUT2D eigenvalue weighted by Gasteiger charge is 2.25. The van der Waals surface area contributed by atoms with E-state index in [1.807, 2.05) is 19.2 Å². The van der Waals surface area contributed by atoms with Gasteiger partial charge < -0.3 is 15.7 Å². The van der Waals surface area contributed by atoms with E-state index in [4.69, 9.17) is 0 Å². The van der Waals surface area contributed by atoms with Gasteiger partial charge in [-0.2, -0.15) is 0 Å². The van der Waals surface area contributed by atoms with Gasteiger partial charge in [0.25, 0.3) is 0 Å². The van der Waals surface area contributed by atoms with Crippen LogP contribution in [0.15, 0.2) is 5.38 Å². The molecule has 1 fully saturated rings. The van der Waals surface area contributed by atoms with Crippen LogP contribution in [0.25, 0.3) is 0 Å². The summed E-state index contributed by atoms with van der Waals surface area (Å²) in [5, 5.41) is 18.6. The Hall–Kier alpha value is -1.14. The summed E-state index contributed by atoms with van der Waals surface area (Å²) >= 11 is 1.59. The highest BCUT2D eigenvalue weighted by molar-refractivity contribution is 7.09. The van der Waals surface area contributed by atoms with Gasteiger partial charge in [0.2, 0.25) is 0 Å². The Morgan fingerprint density at radius 2 is 2.23 bits per heavy atom. The molecule has 1 saturated carbocycles. The topological polar surface area (TPSA) is 74.2 Å². The molecule has 124 valence electrons. The van der Waals surface area contributed by atoms with Crippen LogP contribution in [0.1, 0.15) is 62.2 Å². The molecule has 6 heteroatoms. The third kappa shape index (κ3) is 4.68. The van der Waals surface area contributed by atoms with Gasteiger partial charge in [-0.25, -0.2) is 9.78 Å². The largest absolute Gasteiger partial charge is 0.396 e. The van der Waals surface area contributed by atoms with Crippen LogP contribution >= 0.6 is 11.3 Å². The molecule has 0 spiro atoms. The van der Waals surface area contributed by atoms with Crippen molar-refractivity contribution >= 4 is 17.4 Å². The molecule has 5 nitrogen and oxygen atoms in total. The van der Waals surface area contributed by atoms with Crippen molar-refractivity contribution in [1.82, 2.24) is 15.6 Å². The molecule has 0 saturated heterocycles. The average molecular weight is 325 g/mol. The van der Waals surface area contributed by atoms with Crippen molar-refractivity contribution < 1.29 is 9.90 Å². The monoisotopic (exact) mass is 325 g/mol. The molecule has 1 aliphatic carbocycles. The quantitative estimate of drug-likeness (QED) is 0.728. The fourth-order valence-corrected chi connectivity index (χ4v) is 3.96. The molecule has 0 aromatic carbocycles. The fourth-order valence-electron chi connectivity index (χ4n) is 3.03. The highest BCUT2D eigenvalue weighted by atomic mass is 32.1. The van der Waals surface area contributed by atoms with E-state index in [1.165, 1.54) is 6.42 Å². The number of urea groups is 1. The molecular formula is C16H27N3O2S. The zero-order chi connectivity index (χ0) is 15.9. The van der Waals surface area contributed by atoms with E-state index in [-0.39, 0.29) is 30.6 Å². The van der Waals surface area contributed by atoms with E-state index in [0.717, 1.165) is 42.8 Å². The molecule has 0 bridgehead atoms. The number of nitrogens with zero attached hydrogens (tertiary/aromatic N) is 1. The summed E-state index contributed by atoms with van der Waals surface area (Å²) in [5.41, 5.74) is 0.991. The number of rotatable bonds is 5. The third-order valence-corrected chi connectivity index (χ3v) is 5.43. The number of hydrogen-bond donors (Lipinski definition) is 3. The summed E-state index contributed by atoms with van der Waals surface area (Å²) < 4.78 is 0. The molecule has 1 heterocycles. The summed E-state index contributed by atoms with van der Waals surface area (Å²) in [6, 6.07) is -0.120. The standard InChI is InChI=1S/C16H27N3O2S/c1-3-13(15-17-11(2)10-22-15)18-16(21)19-14-8-6-4-5-7-12(14)9-20/h10,12-14,20H,3-9H2,1-2H3,(H2,18,19,21). The Labute approximate surface area is 136 Å². The summed E-state index contributed by atoms with van der Waals surface area (Å²) in [4.78, 5) is 16.8. The van der Waals surface area contributed by atoms with Crippen LogP contribution in [-0.4, -0.2) is 28.8 Å².